The van der Waals surface area contributed by atoms with Crippen molar-refractivity contribution in [2.45, 2.75) is 26.7 Å². The van der Waals surface area contributed by atoms with Gasteiger partial charge in [0.2, 0.25) is 5.91 Å². The summed E-state index contributed by atoms with van der Waals surface area (Å²) in [5.74, 6) is -0.0116. The quantitative estimate of drug-likeness (QED) is 0.642. The summed E-state index contributed by atoms with van der Waals surface area (Å²) in [6, 6.07) is 0. The zero-order valence-electron chi connectivity index (χ0n) is 9.95. The first-order chi connectivity index (χ1) is 7.02. The van der Waals surface area contributed by atoms with Crippen LogP contribution in [0.4, 0.5) is 0 Å². The molecular weight excluding hydrogens is 192 g/mol. The summed E-state index contributed by atoms with van der Waals surface area (Å²) in [5.41, 5.74) is 0. The molecule has 0 aliphatic carbocycles. The maximum absolute atomic E-state index is 11.9. The van der Waals surface area contributed by atoms with Crippen molar-refractivity contribution in [1.29, 1.82) is 0 Å². The molecule has 0 atom stereocenters. The molecule has 0 N–H and O–H groups in total. The van der Waals surface area contributed by atoms with Crippen LogP contribution in [0, 0.1) is 0 Å². The highest BCUT2D eigenvalue weighted by molar-refractivity contribution is 5.97. The number of carbonyl (C=O) groups excluding carboxylic acids is 2. The van der Waals surface area contributed by atoms with Gasteiger partial charge in [-0.25, -0.2) is 0 Å². The lowest BCUT2D eigenvalue weighted by Gasteiger charge is -2.32. The molecule has 0 spiro atoms. The van der Waals surface area contributed by atoms with Gasteiger partial charge in [0.05, 0.1) is 20.1 Å². The molecule has 86 valence electrons. The molecule has 0 aromatic carbocycles. The molecule has 1 rings (SSSR count). The van der Waals surface area contributed by atoms with Crippen LogP contribution in [-0.2, 0) is 9.59 Å². The normalized spacial score (nSPS) is 17.3. The second-order valence-electron chi connectivity index (χ2n) is 4.45. The molecule has 1 heterocycles. The predicted octanol–water partition coefficient (Wildman–Crippen LogP) is 0.622. The molecule has 15 heavy (non-hydrogen) atoms. The van der Waals surface area contributed by atoms with Crippen molar-refractivity contribution in [3.8, 4) is 0 Å². The van der Waals surface area contributed by atoms with Crippen LogP contribution in [-0.4, -0.2) is 54.4 Å². The third-order valence-electron chi connectivity index (χ3n) is 3.42. The molecule has 0 unspecified atom stereocenters. The number of likely N-dealkylation sites (tertiary alicyclic amines) is 1. The average Bonchev–Trinajstić information content (AvgIpc) is 2.64. The third kappa shape index (κ3) is 2.78. The van der Waals surface area contributed by atoms with E-state index < -0.39 is 0 Å². The average molecular weight is 213 g/mol. The van der Waals surface area contributed by atoms with Gasteiger partial charge >= 0.3 is 0 Å². The number of carbonyl (C=O) groups is 2. The van der Waals surface area contributed by atoms with Gasteiger partial charge in [-0.3, -0.25) is 14.5 Å². The van der Waals surface area contributed by atoms with Crippen molar-refractivity contribution in [3.63, 3.8) is 0 Å². The Hall–Kier alpha value is -0.900. The molecule has 1 aliphatic rings. The van der Waals surface area contributed by atoms with E-state index in [1.807, 2.05) is 0 Å². The van der Waals surface area contributed by atoms with Crippen molar-refractivity contribution < 1.29 is 14.1 Å². The van der Waals surface area contributed by atoms with Crippen molar-refractivity contribution >= 4 is 11.8 Å². The van der Waals surface area contributed by atoms with E-state index in [1.165, 1.54) is 4.90 Å². The van der Waals surface area contributed by atoms with Crippen molar-refractivity contribution in [2.75, 3.05) is 33.2 Å². The summed E-state index contributed by atoms with van der Waals surface area (Å²) >= 11 is 0. The van der Waals surface area contributed by atoms with Gasteiger partial charge in [0.25, 0.3) is 5.91 Å². The highest BCUT2D eigenvalue weighted by Crippen LogP contribution is 2.12. The molecule has 1 fully saturated rings. The highest BCUT2D eigenvalue weighted by atomic mass is 16.2. The number of quaternary nitrogens is 1. The van der Waals surface area contributed by atoms with Crippen LogP contribution in [0.2, 0.25) is 0 Å². The monoisotopic (exact) mass is 213 g/mol. The molecule has 0 aromatic rings. The SMILES string of the molecule is CC[N+](C)(CC)CC(=O)N1CCCC1=O. The Kier molecular flexibility index (Phi) is 3.85. The van der Waals surface area contributed by atoms with Crippen LogP contribution >= 0.6 is 0 Å². The minimum absolute atomic E-state index is 0.00115. The zero-order chi connectivity index (χ0) is 11.5. The molecule has 0 aromatic heterocycles. The van der Waals surface area contributed by atoms with Gasteiger partial charge in [-0.2, -0.15) is 0 Å². The second kappa shape index (κ2) is 4.75. The Morgan fingerprint density at radius 1 is 1.40 bits per heavy atom. The van der Waals surface area contributed by atoms with E-state index in [1.54, 1.807) is 0 Å². The first-order valence-corrected chi connectivity index (χ1v) is 5.69. The molecule has 0 bridgehead atoms. The van der Waals surface area contributed by atoms with E-state index in [4.69, 9.17) is 0 Å². The van der Waals surface area contributed by atoms with Crippen LogP contribution in [0.25, 0.3) is 0 Å². The van der Waals surface area contributed by atoms with Crippen molar-refractivity contribution in [3.05, 3.63) is 0 Å². The number of imide groups is 1. The highest BCUT2D eigenvalue weighted by Gasteiger charge is 2.31. The lowest BCUT2D eigenvalue weighted by Crippen LogP contribution is -2.51. The summed E-state index contributed by atoms with van der Waals surface area (Å²) in [6.07, 6.45) is 1.36. The van der Waals surface area contributed by atoms with E-state index in [0.29, 0.717) is 24.0 Å². The molecule has 0 saturated carbocycles. The Bertz CT molecular complexity index is 259. The van der Waals surface area contributed by atoms with E-state index in [0.717, 1.165) is 19.5 Å². The molecule has 0 radical (unpaired) electrons. The Labute approximate surface area is 91.4 Å². The van der Waals surface area contributed by atoms with Crippen LogP contribution in [0.3, 0.4) is 0 Å². The van der Waals surface area contributed by atoms with E-state index in [9.17, 15) is 9.59 Å². The van der Waals surface area contributed by atoms with Gasteiger partial charge in [0.15, 0.2) is 6.54 Å². The standard InChI is InChI=1S/C11H21N2O2/c1-4-13(3,5-2)9-11(15)12-8-6-7-10(12)14/h4-9H2,1-3H3/q+1. The Morgan fingerprint density at radius 2 is 2.00 bits per heavy atom. The fraction of sp³-hybridized carbons (Fsp3) is 0.818. The number of nitrogens with zero attached hydrogens (tertiary/aromatic N) is 2. The Balaban J connectivity index is 2.58. The molecule has 4 heteroatoms. The first-order valence-electron chi connectivity index (χ1n) is 5.69. The topological polar surface area (TPSA) is 37.4 Å². The first kappa shape index (κ1) is 12.2. The Morgan fingerprint density at radius 3 is 2.40 bits per heavy atom. The summed E-state index contributed by atoms with van der Waals surface area (Å²) in [6.45, 7) is 7.05. The maximum Gasteiger partial charge on any atom is 0.284 e. The number of hydrogen-bond donors (Lipinski definition) is 0. The fourth-order valence-corrected chi connectivity index (χ4v) is 1.77. The van der Waals surface area contributed by atoms with E-state index >= 15 is 0 Å². The van der Waals surface area contributed by atoms with Crippen molar-refractivity contribution in [1.82, 2.24) is 4.90 Å². The fourth-order valence-electron chi connectivity index (χ4n) is 1.77. The summed E-state index contributed by atoms with van der Waals surface area (Å²) in [4.78, 5) is 24.7. The lowest BCUT2D eigenvalue weighted by molar-refractivity contribution is -0.898. The van der Waals surface area contributed by atoms with Gasteiger partial charge in [-0.1, -0.05) is 0 Å². The predicted molar refractivity (Wildman–Crippen MR) is 58.1 cm³/mol. The molecule has 1 aliphatic heterocycles. The lowest BCUT2D eigenvalue weighted by atomic mass is 10.3. The summed E-state index contributed by atoms with van der Waals surface area (Å²) < 4.78 is 0.711. The summed E-state index contributed by atoms with van der Waals surface area (Å²) in [5, 5.41) is 0. The number of amides is 2. The van der Waals surface area contributed by atoms with Crippen LogP contribution < -0.4 is 0 Å². The molecule has 1 saturated heterocycles. The summed E-state index contributed by atoms with van der Waals surface area (Å²) in [7, 11) is 2.05. The third-order valence-corrected chi connectivity index (χ3v) is 3.42. The maximum atomic E-state index is 11.9. The molecule has 4 nitrogen and oxygen atoms in total. The minimum atomic E-state index is -0.0105. The number of hydrogen-bond acceptors (Lipinski definition) is 2. The van der Waals surface area contributed by atoms with E-state index in [2.05, 4.69) is 20.9 Å². The molecular formula is C11H21N2O2+. The minimum Gasteiger partial charge on any atom is -0.319 e. The number of rotatable bonds is 4. The van der Waals surface area contributed by atoms with Crippen LogP contribution in [0.5, 0.6) is 0 Å². The zero-order valence-corrected chi connectivity index (χ0v) is 9.95. The molecule has 2 amide bonds. The van der Waals surface area contributed by atoms with Gasteiger partial charge in [0.1, 0.15) is 0 Å². The van der Waals surface area contributed by atoms with Gasteiger partial charge < -0.3 is 4.48 Å². The van der Waals surface area contributed by atoms with Gasteiger partial charge in [-0.05, 0) is 20.3 Å². The smallest absolute Gasteiger partial charge is 0.284 e. The number of likely N-dealkylation sites (N-methyl/N-ethyl adjacent to an activating group) is 1. The van der Waals surface area contributed by atoms with Gasteiger partial charge in [0, 0.05) is 13.0 Å². The largest absolute Gasteiger partial charge is 0.319 e. The van der Waals surface area contributed by atoms with Crippen LogP contribution in [0.15, 0.2) is 0 Å². The van der Waals surface area contributed by atoms with Crippen molar-refractivity contribution in [2.24, 2.45) is 0 Å². The second-order valence-corrected chi connectivity index (χ2v) is 4.45. The van der Waals surface area contributed by atoms with Crippen LogP contribution in [0.1, 0.15) is 26.7 Å². The van der Waals surface area contributed by atoms with E-state index in [-0.39, 0.29) is 11.8 Å². The van der Waals surface area contributed by atoms with Gasteiger partial charge in [-0.15, -0.1) is 0 Å².